The second kappa shape index (κ2) is 4.83. The molecule has 1 rings (SSSR count). The molecule has 0 atom stereocenters. The molecule has 6 nitrogen and oxygen atoms in total. The number of carbonyl (C=O) groups is 1. The summed E-state index contributed by atoms with van der Waals surface area (Å²) in [6.07, 6.45) is 0.574. The van der Waals surface area contributed by atoms with Gasteiger partial charge in [0.05, 0.1) is 17.8 Å². The molecule has 0 amide bonds. The Balaban J connectivity index is 3.09. The smallest absolute Gasteiger partial charge is 0.358 e. The standard InChI is InChI=1S/C11H19N3O3/c1-7(2)5-8-9(10(15)16)12-13-14(8)6-11(3,4)17/h7,17H,5-6H2,1-4H3,(H,15,16). The molecule has 0 unspecified atom stereocenters. The van der Waals surface area contributed by atoms with Crippen molar-refractivity contribution >= 4 is 5.97 Å². The molecule has 0 spiro atoms. The average molecular weight is 241 g/mol. The molecule has 0 saturated carbocycles. The van der Waals surface area contributed by atoms with Crippen LogP contribution < -0.4 is 0 Å². The van der Waals surface area contributed by atoms with E-state index in [0.717, 1.165) is 0 Å². The van der Waals surface area contributed by atoms with E-state index < -0.39 is 11.6 Å². The van der Waals surface area contributed by atoms with Crippen LogP contribution in [-0.4, -0.2) is 36.8 Å². The predicted molar refractivity (Wildman–Crippen MR) is 61.8 cm³/mol. The van der Waals surface area contributed by atoms with Gasteiger partial charge in [0.2, 0.25) is 0 Å². The first-order valence-corrected chi connectivity index (χ1v) is 5.58. The number of carboxylic acid groups (broad SMARTS) is 1. The minimum absolute atomic E-state index is 0.0250. The van der Waals surface area contributed by atoms with Gasteiger partial charge >= 0.3 is 5.97 Å². The number of carboxylic acids is 1. The zero-order valence-electron chi connectivity index (χ0n) is 10.6. The van der Waals surface area contributed by atoms with E-state index in [-0.39, 0.29) is 12.2 Å². The molecule has 1 heterocycles. The molecule has 0 aliphatic rings. The molecular formula is C11H19N3O3. The molecule has 0 radical (unpaired) electrons. The summed E-state index contributed by atoms with van der Waals surface area (Å²) in [5.41, 5.74) is -0.410. The lowest BCUT2D eigenvalue weighted by Crippen LogP contribution is -2.28. The Morgan fingerprint density at radius 2 is 2.06 bits per heavy atom. The van der Waals surface area contributed by atoms with Gasteiger partial charge in [0.25, 0.3) is 0 Å². The summed E-state index contributed by atoms with van der Waals surface area (Å²) in [4.78, 5) is 11.0. The molecule has 0 fully saturated rings. The topological polar surface area (TPSA) is 88.2 Å². The van der Waals surface area contributed by atoms with Crippen molar-refractivity contribution < 1.29 is 15.0 Å². The number of hydrogen-bond donors (Lipinski definition) is 2. The number of aliphatic hydroxyl groups is 1. The van der Waals surface area contributed by atoms with Crippen molar-refractivity contribution in [2.24, 2.45) is 5.92 Å². The van der Waals surface area contributed by atoms with E-state index in [4.69, 9.17) is 5.11 Å². The lowest BCUT2D eigenvalue weighted by molar-refractivity contribution is 0.0557. The second-order valence-corrected chi connectivity index (χ2v) is 5.26. The first kappa shape index (κ1) is 13.6. The molecule has 0 saturated heterocycles. The largest absolute Gasteiger partial charge is 0.476 e. The van der Waals surface area contributed by atoms with Crippen LogP contribution in [0.25, 0.3) is 0 Å². The Hall–Kier alpha value is -1.43. The lowest BCUT2D eigenvalue weighted by Gasteiger charge is -2.18. The van der Waals surface area contributed by atoms with Crippen LogP contribution in [-0.2, 0) is 13.0 Å². The molecule has 1 aromatic rings. The summed E-state index contributed by atoms with van der Waals surface area (Å²) in [5.74, 6) is -0.783. The van der Waals surface area contributed by atoms with Gasteiger partial charge in [0.15, 0.2) is 5.69 Å². The third-order valence-corrected chi connectivity index (χ3v) is 2.18. The highest BCUT2D eigenvalue weighted by Crippen LogP contribution is 2.15. The van der Waals surface area contributed by atoms with Crippen LogP contribution in [0.2, 0.25) is 0 Å². The molecule has 96 valence electrons. The highest BCUT2D eigenvalue weighted by Gasteiger charge is 2.23. The van der Waals surface area contributed by atoms with Gasteiger partial charge < -0.3 is 10.2 Å². The van der Waals surface area contributed by atoms with E-state index in [1.165, 1.54) is 4.68 Å². The second-order valence-electron chi connectivity index (χ2n) is 5.26. The number of nitrogens with zero attached hydrogens (tertiary/aromatic N) is 3. The third-order valence-electron chi connectivity index (χ3n) is 2.18. The van der Waals surface area contributed by atoms with Crippen molar-refractivity contribution in [3.05, 3.63) is 11.4 Å². The first-order valence-electron chi connectivity index (χ1n) is 5.58. The van der Waals surface area contributed by atoms with Crippen LogP contribution in [0.15, 0.2) is 0 Å². The van der Waals surface area contributed by atoms with E-state index in [9.17, 15) is 9.90 Å². The Bertz CT molecular complexity index is 405. The first-order chi connectivity index (χ1) is 7.70. The monoisotopic (exact) mass is 241 g/mol. The molecule has 17 heavy (non-hydrogen) atoms. The van der Waals surface area contributed by atoms with Gasteiger partial charge in [0, 0.05) is 0 Å². The van der Waals surface area contributed by atoms with Crippen molar-refractivity contribution in [1.82, 2.24) is 15.0 Å². The molecule has 0 bridgehead atoms. The Morgan fingerprint density at radius 1 is 1.47 bits per heavy atom. The quantitative estimate of drug-likeness (QED) is 0.801. The normalized spacial score (nSPS) is 12.1. The fourth-order valence-corrected chi connectivity index (χ4v) is 1.58. The highest BCUT2D eigenvalue weighted by molar-refractivity contribution is 5.86. The van der Waals surface area contributed by atoms with E-state index in [1.807, 2.05) is 13.8 Å². The maximum atomic E-state index is 11.0. The van der Waals surface area contributed by atoms with Gasteiger partial charge in [-0.3, -0.25) is 0 Å². The van der Waals surface area contributed by atoms with Crippen LogP contribution in [0.5, 0.6) is 0 Å². The fraction of sp³-hybridized carbons (Fsp3) is 0.727. The Kier molecular flexibility index (Phi) is 3.87. The minimum Gasteiger partial charge on any atom is -0.476 e. The highest BCUT2D eigenvalue weighted by atomic mass is 16.4. The van der Waals surface area contributed by atoms with E-state index in [1.54, 1.807) is 13.8 Å². The molecule has 0 aliphatic heterocycles. The Labute approximate surface area is 100 Å². The zero-order valence-corrected chi connectivity index (χ0v) is 10.6. The number of aromatic nitrogens is 3. The van der Waals surface area contributed by atoms with Crippen molar-refractivity contribution in [2.75, 3.05) is 0 Å². The average Bonchev–Trinajstić information content (AvgIpc) is 2.45. The van der Waals surface area contributed by atoms with Gasteiger partial charge in [0.1, 0.15) is 0 Å². The SMILES string of the molecule is CC(C)Cc1c(C(=O)O)nnn1CC(C)(C)O. The fourth-order valence-electron chi connectivity index (χ4n) is 1.58. The predicted octanol–water partition coefficient (Wildman–Crippen LogP) is 0.946. The summed E-state index contributed by atoms with van der Waals surface area (Å²) >= 11 is 0. The van der Waals surface area contributed by atoms with Crippen LogP contribution >= 0.6 is 0 Å². The van der Waals surface area contributed by atoms with Crippen molar-refractivity contribution in [3.8, 4) is 0 Å². The number of aromatic carboxylic acids is 1. The van der Waals surface area contributed by atoms with Gasteiger partial charge in [-0.15, -0.1) is 5.10 Å². The molecular weight excluding hydrogens is 222 g/mol. The van der Waals surface area contributed by atoms with E-state index in [0.29, 0.717) is 18.0 Å². The summed E-state index contributed by atoms with van der Waals surface area (Å²) < 4.78 is 1.48. The number of rotatable bonds is 5. The summed E-state index contributed by atoms with van der Waals surface area (Å²) in [7, 11) is 0. The summed E-state index contributed by atoms with van der Waals surface area (Å²) in [6.45, 7) is 7.51. The maximum Gasteiger partial charge on any atom is 0.358 e. The van der Waals surface area contributed by atoms with Gasteiger partial charge in [-0.2, -0.15) is 0 Å². The van der Waals surface area contributed by atoms with Crippen LogP contribution in [0.3, 0.4) is 0 Å². The molecule has 0 aromatic carbocycles. The van der Waals surface area contributed by atoms with Crippen LogP contribution in [0, 0.1) is 5.92 Å². The lowest BCUT2D eigenvalue weighted by atomic mass is 10.1. The third kappa shape index (κ3) is 3.81. The molecule has 1 aromatic heterocycles. The van der Waals surface area contributed by atoms with Gasteiger partial charge in [-0.05, 0) is 26.2 Å². The van der Waals surface area contributed by atoms with Gasteiger partial charge in [-0.25, -0.2) is 9.48 Å². The summed E-state index contributed by atoms with van der Waals surface area (Å²) in [6, 6.07) is 0. The zero-order chi connectivity index (χ0) is 13.2. The molecule has 0 aliphatic carbocycles. The minimum atomic E-state index is -1.08. The van der Waals surface area contributed by atoms with Crippen LogP contribution in [0.1, 0.15) is 43.9 Å². The van der Waals surface area contributed by atoms with E-state index in [2.05, 4.69) is 10.3 Å². The maximum absolute atomic E-state index is 11.0. The molecule has 2 N–H and O–H groups in total. The Morgan fingerprint density at radius 3 is 2.47 bits per heavy atom. The summed E-state index contributed by atoms with van der Waals surface area (Å²) in [5, 5.41) is 26.2. The van der Waals surface area contributed by atoms with Crippen LogP contribution in [0.4, 0.5) is 0 Å². The van der Waals surface area contributed by atoms with E-state index >= 15 is 0 Å². The van der Waals surface area contributed by atoms with Crippen molar-refractivity contribution in [2.45, 2.75) is 46.3 Å². The van der Waals surface area contributed by atoms with Crippen molar-refractivity contribution in [1.29, 1.82) is 0 Å². The van der Waals surface area contributed by atoms with Gasteiger partial charge in [-0.1, -0.05) is 19.1 Å². The number of hydrogen-bond acceptors (Lipinski definition) is 4. The molecule has 6 heteroatoms. The van der Waals surface area contributed by atoms with Crippen molar-refractivity contribution in [3.63, 3.8) is 0 Å².